The fourth-order valence-electron chi connectivity index (χ4n) is 3.16. The number of carbonyl (C=O) groups excluding carboxylic acids is 1. The van der Waals surface area contributed by atoms with Gasteiger partial charge in [-0.2, -0.15) is 0 Å². The van der Waals surface area contributed by atoms with Crippen LogP contribution in [0.1, 0.15) is 17.5 Å². The summed E-state index contributed by atoms with van der Waals surface area (Å²) in [6.45, 7) is 6.87. The van der Waals surface area contributed by atoms with Gasteiger partial charge in [-0.15, -0.1) is 11.8 Å². The molecule has 25 heavy (non-hydrogen) atoms. The van der Waals surface area contributed by atoms with Crippen LogP contribution in [-0.2, 0) is 11.3 Å². The standard InChI is InChI=1S/C21H26N2OS/c1-18-8-5-6-9-19(18)16-22-12-7-13-23(15-14-22)21(24)17-25-20-10-3-2-4-11-20/h2-6,8-11H,7,12-17H2,1H3. The molecule has 3 rings (SSSR count). The third-order valence-corrected chi connectivity index (χ3v) is 5.70. The van der Waals surface area contributed by atoms with Crippen molar-refractivity contribution in [3.63, 3.8) is 0 Å². The number of nitrogens with zero attached hydrogens (tertiary/aromatic N) is 2. The van der Waals surface area contributed by atoms with Crippen LogP contribution in [0.3, 0.4) is 0 Å². The third-order valence-electron chi connectivity index (χ3n) is 4.70. The predicted molar refractivity (Wildman–Crippen MR) is 105 cm³/mol. The molecule has 132 valence electrons. The van der Waals surface area contributed by atoms with Crippen LogP contribution in [0.5, 0.6) is 0 Å². The number of hydrogen-bond donors (Lipinski definition) is 0. The number of rotatable bonds is 5. The highest BCUT2D eigenvalue weighted by molar-refractivity contribution is 8.00. The van der Waals surface area contributed by atoms with Crippen molar-refractivity contribution >= 4 is 17.7 Å². The summed E-state index contributed by atoms with van der Waals surface area (Å²) >= 11 is 1.63. The molecule has 3 nitrogen and oxygen atoms in total. The molecule has 4 heteroatoms. The first-order valence-corrected chi connectivity index (χ1v) is 9.93. The first-order valence-electron chi connectivity index (χ1n) is 8.95. The molecule has 0 N–H and O–H groups in total. The van der Waals surface area contributed by atoms with Gasteiger partial charge >= 0.3 is 0 Å². The van der Waals surface area contributed by atoms with E-state index in [1.54, 1.807) is 11.8 Å². The Balaban J connectivity index is 1.49. The Morgan fingerprint density at radius 2 is 1.72 bits per heavy atom. The number of hydrogen-bond acceptors (Lipinski definition) is 3. The smallest absolute Gasteiger partial charge is 0.232 e. The van der Waals surface area contributed by atoms with Gasteiger partial charge in [-0.25, -0.2) is 0 Å². The number of carbonyl (C=O) groups is 1. The zero-order valence-corrected chi connectivity index (χ0v) is 15.7. The van der Waals surface area contributed by atoms with Crippen LogP contribution in [0.25, 0.3) is 0 Å². The molecule has 0 aliphatic carbocycles. The molecule has 2 aromatic carbocycles. The molecular weight excluding hydrogens is 328 g/mol. The van der Waals surface area contributed by atoms with Crippen molar-refractivity contribution in [1.82, 2.24) is 9.80 Å². The molecule has 0 atom stereocenters. The fraction of sp³-hybridized carbons (Fsp3) is 0.381. The van der Waals surface area contributed by atoms with Crippen LogP contribution in [0.2, 0.25) is 0 Å². The lowest BCUT2D eigenvalue weighted by Crippen LogP contribution is -2.36. The average Bonchev–Trinajstić information content (AvgIpc) is 2.88. The van der Waals surface area contributed by atoms with Crippen LogP contribution >= 0.6 is 11.8 Å². The Labute approximate surface area is 155 Å². The van der Waals surface area contributed by atoms with E-state index in [0.29, 0.717) is 5.75 Å². The van der Waals surface area contributed by atoms with Gasteiger partial charge in [-0.1, -0.05) is 42.5 Å². The highest BCUT2D eigenvalue weighted by Gasteiger charge is 2.19. The molecule has 1 heterocycles. The van der Waals surface area contributed by atoms with Crippen LogP contribution in [0, 0.1) is 6.92 Å². The van der Waals surface area contributed by atoms with Gasteiger partial charge in [-0.05, 0) is 36.6 Å². The summed E-state index contributed by atoms with van der Waals surface area (Å²) in [5, 5.41) is 0. The molecule has 2 aromatic rings. The van der Waals surface area contributed by atoms with E-state index in [4.69, 9.17) is 0 Å². The van der Waals surface area contributed by atoms with E-state index in [2.05, 4.69) is 48.2 Å². The molecule has 0 spiro atoms. The van der Waals surface area contributed by atoms with Crippen LogP contribution in [0.15, 0.2) is 59.5 Å². The molecular formula is C21H26N2OS. The lowest BCUT2D eigenvalue weighted by Gasteiger charge is -2.22. The fourth-order valence-corrected chi connectivity index (χ4v) is 3.98. The largest absolute Gasteiger partial charge is 0.341 e. The maximum Gasteiger partial charge on any atom is 0.232 e. The number of amides is 1. The Bertz CT molecular complexity index is 689. The third kappa shape index (κ3) is 5.35. The highest BCUT2D eigenvalue weighted by atomic mass is 32.2. The first-order chi connectivity index (χ1) is 12.2. The van der Waals surface area contributed by atoms with E-state index >= 15 is 0 Å². The second-order valence-electron chi connectivity index (χ2n) is 6.54. The van der Waals surface area contributed by atoms with E-state index < -0.39 is 0 Å². The molecule has 1 amide bonds. The zero-order chi connectivity index (χ0) is 17.5. The summed E-state index contributed by atoms with van der Waals surface area (Å²) in [4.78, 5) is 18.2. The molecule has 1 saturated heterocycles. The van der Waals surface area contributed by atoms with Crippen molar-refractivity contribution in [1.29, 1.82) is 0 Å². The molecule has 0 saturated carbocycles. The molecule has 1 aliphatic heterocycles. The Morgan fingerprint density at radius 3 is 2.52 bits per heavy atom. The summed E-state index contributed by atoms with van der Waals surface area (Å²) in [5.41, 5.74) is 2.74. The van der Waals surface area contributed by atoms with E-state index in [0.717, 1.165) is 44.0 Å². The topological polar surface area (TPSA) is 23.6 Å². The summed E-state index contributed by atoms with van der Waals surface area (Å²) in [7, 11) is 0. The van der Waals surface area contributed by atoms with Gasteiger partial charge in [0, 0.05) is 37.6 Å². The molecule has 0 radical (unpaired) electrons. The molecule has 0 aromatic heterocycles. The van der Waals surface area contributed by atoms with E-state index in [1.165, 1.54) is 11.1 Å². The SMILES string of the molecule is Cc1ccccc1CN1CCCN(C(=O)CSc2ccccc2)CC1. The second kappa shape index (κ2) is 9.07. The first kappa shape index (κ1) is 18.0. The number of thioether (sulfide) groups is 1. The maximum absolute atomic E-state index is 12.5. The minimum Gasteiger partial charge on any atom is -0.341 e. The molecule has 1 aliphatic rings. The normalized spacial score (nSPS) is 15.8. The van der Waals surface area contributed by atoms with Crippen LogP contribution < -0.4 is 0 Å². The molecule has 1 fully saturated rings. The Hall–Kier alpha value is -1.78. The molecule has 0 bridgehead atoms. The second-order valence-corrected chi connectivity index (χ2v) is 7.59. The van der Waals surface area contributed by atoms with Gasteiger partial charge < -0.3 is 4.90 Å². The predicted octanol–water partition coefficient (Wildman–Crippen LogP) is 3.82. The van der Waals surface area contributed by atoms with Crippen molar-refractivity contribution in [2.75, 3.05) is 31.9 Å². The van der Waals surface area contributed by atoms with Crippen molar-refractivity contribution in [2.45, 2.75) is 24.8 Å². The van der Waals surface area contributed by atoms with Crippen molar-refractivity contribution in [3.8, 4) is 0 Å². The van der Waals surface area contributed by atoms with Gasteiger partial charge in [-0.3, -0.25) is 9.69 Å². The Kier molecular flexibility index (Phi) is 6.54. The Morgan fingerprint density at radius 1 is 0.960 bits per heavy atom. The summed E-state index contributed by atoms with van der Waals surface area (Å²) in [6.07, 6.45) is 1.05. The minimum atomic E-state index is 0.256. The molecule has 0 unspecified atom stereocenters. The van der Waals surface area contributed by atoms with Gasteiger partial charge in [0.1, 0.15) is 0 Å². The van der Waals surface area contributed by atoms with Crippen LogP contribution in [0.4, 0.5) is 0 Å². The quantitative estimate of drug-likeness (QED) is 0.763. The minimum absolute atomic E-state index is 0.256. The lowest BCUT2D eigenvalue weighted by molar-refractivity contribution is -0.128. The van der Waals surface area contributed by atoms with Gasteiger partial charge in [0.25, 0.3) is 0 Å². The lowest BCUT2D eigenvalue weighted by atomic mass is 10.1. The van der Waals surface area contributed by atoms with Crippen LogP contribution in [-0.4, -0.2) is 47.6 Å². The van der Waals surface area contributed by atoms with Gasteiger partial charge in [0.2, 0.25) is 5.91 Å². The van der Waals surface area contributed by atoms with Gasteiger partial charge in [0.15, 0.2) is 0 Å². The van der Waals surface area contributed by atoms with Crippen molar-refractivity contribution < 1.29 is 4.79 Å². The van der Waals surface area contributed by atoms with Crippen molar-refractivity contribution in [3.05, 3.63) is 65.7 Å². The van der Waals surface area contributed by atoms with E-state index in [1.807, 2.05) is 23.1 Å². The van der Waals surface area contributed by atoms with Gasteiger partial charge in [0.05, 0.1) is 5.75 Å². The monoisotopic (exact) mass is 354 g/mol. The average molecular weight is 355 g/mol. The summed E-state index contributed by atoms with van der Waals surface area (Å²) in [6, 6.07) is 18.7. The highest BCUT2D eigenvalue weighted by Crippen LogP contribution is 2.18. The maximum atomic E-state index is 12.5. The van der Waals surface area contributed by atoms with E-state index in [-0.39, 0.29) is 5.91 Å². The zero-order valence-electron chi connectivity index (χ0n) is 14.9. The number of benzene rings is 2. The summed E-state index contributed by atoms with van der Waals surface area (Å²) in [5.74, 6) is 0.786. The van der Waals surface area contributed by atoms with E-state index in [9.17, 15) is 4.79 Å². The van der Waals surface area contributed by atoms with Crippen molar-refractivity contribution in [2.24, 2.45) is 0 Å². The number of aryl methyl sites for hydroxylation is 1. The summed E-state index contributed by atoms with van der Waals surface area (Å²) < 4.78 is 0.